The fourth-order valence-electron chi connectivity index (χ4n) is 1.67. The third-order valence-corrected chi connectivity index (χ3v) is 2.61. The predicted octanol–water partition coefficient (Wildman–Crippen LogP) is 2.66. The molecule has 1 unspecified atom stereocenters. The summed E-state index contributed by atoms with van der Waals surface area (Å²) < 4.78 is 5.51. The smallest absolute Gasteiger partial charge is 0.0708 e. The first-order chi connectivity index (χ1) is 8.16. The molecule has 0 radical (unpaired) electrons. The van der Waals surface area contributed by atoms with Gasteiger partial charge in [0.05, 0.1) is 30.0 Å². The van der Waals surface area contributed by atoms with Crippen molar-refractivity contribution in [1.29, 1.82) is 0 Å². The molecule has 0 saturated carbocycles. The van der Waals surface area contributed by atoms with E-state index in [0.717, 1.165) is 16.6 Å². The van der Waals surface area contributed by atoms with Crippen LogP contribution in [0.5, 0.6) is 0 Å². The van der Waals surface area contributed by atoms with Crippen LogP contribution in [0.15, 0.2) is 36.4 Å². The maximum Gasteiger partial charge on any atom is 0.0708 e. The normalized spacial score (nSPS) is 13.2. The Morgan fingerprint density at radius 2 is 1.94 bits per heavy atom. The van der Waals surface area contributed by atoms with Crippen molar-refractivity contribution in [2.75, 3.05) is 6.61 Å². The third kappa shape index (κ3) is 3.02. The van der Waals surface area contributed by atoms with E-state index in [0.29, 0.717) is 6.61 Å². The van der Waals surface area contributed by atoms with Crippen LogP contribution >= 0.6 is 0 Å². The van der Waals surface area contributed by atoms with Crippen molar-refractivity contribution < 1.29 is 4.74 Å². The van der Waals surface area contributed by atoms with Crippen molar-refractivity contribution in [3.8, 4) is 0 Å². The molecule has 2 rings (SSSR count). The Bertz CT molecular complexity index is 496. The first-order valence-electron chi connectivity index (χ1n) is 5.89. The quantitative estimate of drug-likeness (QED) is 0.878. The van der Waals surface area contributed by atoms with Gasteiger partial charge in [-0.05, 0) is 26.0 Å². The Morgan fingerprint density at radius 3 is 2.71 bits per heavy atom. The number of benzene rings is 1. The summed E-state index contributed by atoms with van der Waals surface area (Å²) in [6.45, 7) is 4.50. The van der Waals surface area contributed by atoms with E-state index in [1.165, 1.54) is 0 Å². The van der Waals surface area contributed by atoms with Crippen molar-refractivity contribution in [3.63, 3.8) is 0 Å². The van der Waals surface area contributed by atoms with E-state index >= 15 is 0 Å². The number of fused-ring (bicyclic) bond motifs is 1. The Morgan fingerprint density at radius 1 is 1.18 bits per heavy atom. The molecule has 90 valence electrons. The summed E-state index contributed by atoms with van der Waals surface area (Å²) in [7, 11) is 0. The van der Waals surface area contributed by atoms with Crippen molar-refractivity contribution >= 4 is 10.9 Å². The molecule has 0 fully saturated rings. The second-order valence-corrected chi connectivity index (χ2v) is 4.42. The molecule has 1 atom stereocenters. The number of hydrogen-bond donors (Lipinski definition) is 1. The van der Waals surface area contributed by atoms with Crippen LogP contribution in [-0.2, 0) is 4.74 Å². The molecule has 0 aliphatic carbocycles. The van der Waals surface area contributed by atoms with Gasteiger partial charge in [-0.15, -0.1) is 0 Å². The van der Waals surface area contributed by atoms with Crippen LogP contribution in [-0.4, -0.2) is 17.7 Å². The van der Waals surface area contributed by atoms with Gasteiger partial charge in [0.2, 0.25) is 0 Å². The van der Waals surface area contributed by atoms with Crippen LogP contribution in [0.2, 0.25) is 0 Å². The van der Waals surface area contributed by atoms with Crippen molar-refractivity contribution in [2.45, 2.75) is 26.0 Å². The predicted molar refractivity (Wildman–Crippen MR) is 69.8 cm³/mol. The van der Waals surface area contributed by atoms with Gasteiger partial charge in [-0.25, -0.2) is 0 Å². The largest absolute Gasteiger partial charge is 0.377 e. The fraction of sp³-hybridized carbons (Fsp3) is 0.357. The van der Waals surface area contributed by atoms with Gasteiger partial charge in [0, 0.05) is 5.39 Å². The number of nitrogens with two attached hydrogens (primary N) is 1. The molecule has 2 N–H and O–H groups in total. The Kier molecular flexibility index (Phi) is 3.71. The Balaban J connectivity index is 2.18. The third-order valence-electron chi connectivity index (χ3n) is 2.61. The van der Waals surface area contributed by atoms with E-state index in [2.05, 4.69) is 4.98 Å². The van der Waals surface area contributed by atoms with Crippen LogP contribution in [0.25, 0.3) is 10.9 Å². The summed E-state index contributed by atoms with van der Waals surface area (Å²) in [5.41, 5.74) is 7.90. The topological polar surface area (TPSA) is 48.1 Å². The number of nitrogens with zero attached hydrogens (tertiary/aromatic N) is 1. The van der Waals surface area contributed by atoms with Crippen molar-refractivity contribution in [1.82, 2.24) is 4.98 Å². The van der Waals surface area contributed by atoms with Gasteiger partial charge in [-0.1, -0.05) is 24.3 Å². The maximum atomic E-state index is 6.05. The first kappa shape index (κ1) is 12.0. The van der Waals surface area contributed by atoms with Crippen LogP contribution < -0.4 is 5.73 Å². The first-order valence-corrected chi connectivity index (χ1v) is 5.89. The van der Waals surface area contributed by atoms with Crippen LogP contribution in [0.4, 0.5) is 0 Å². The minimum absolute atomic E-state index is 0.165. The molecule has 0 aliphatic heterocycles. The summed E-state index contributed by atoms with van der Waals surface area (Å²) in [5.74, 6) is 0. The molecule has 0 saturated heterocycles. The molecule has 0 aliphatic rings. The molecule has 2 aromatic rings. The molecular weight excluding hydrogens is 212 g/mol. The lowest BCUT2D eigenvalue weighted by Crippen LogP contribution is -2.20. The number of rotatable bonds is 4. The second-order valence-electron chi connectivity index (χ2n) is 4.42. The number of pyridine rings is 1. The molecular formula is C14H18N2O. The Hall–Kier alpha value is -1.45. The molecule has 1 aromatic carbocycles. The average molecular weight is 230 g/mol. The van der Waals surface area contributed by atoms with Crippen molar-refractivity contribution in [2.24, 2.45) is 5.73 Å². The average Bonchev–Trinajstić information content (AvgIpc) is 2.35. The van der Waals surface area contributed by atoms with E-state index < -0.39 is 0 Å². The highest BCUT2D eigenvalue weighted by molar-refractivity contribution is 5.78. The minimum Gasteiger partial charge on any atom is -0.377 e. The number of ether oxygens (including phenoxy) is 1. The van der Waals surface area contributed by atoms with E-state index in [1.807, 2.05) is 50.2 Å². The summed E-state index contributed by atoms with van der Waals surface area (Å²) in [6.07, 6.45) is 0.196. The summed E-state index contributed by atoms with van der Waals surface area (Å²) in [5, 5.41) is 1.13. The molecule has 17 heavy (non-hydrogen) atoms. The van der Waals surface area contributed by atoms with E-state index in [9.17, 15) is 0 Å². The lowest BCUT2D eigenvalue weighted by atomic mass is 10.1. The number of aromatic nitrogens is 1. The Labute approximate surface area is 102 Å². The van der Waals surface area contributed by atoms with E-state index in [-0.39, 0.29) is 12.1 Å². The second kappa shape index (κ2) is 5.25. The summed E-state index contributed by atoms with van der Waals surface area (Å²) >= 11 is 0. The van der Waals surface area contributed by atoms with Gasteiger partial charge < -0.3 is 10.5 Å². The zero-order chi connectivity index (χ0) is 12.3. The summed E-state index contributed by atoms with van der Waals surface area (Å²) in [6, 6.07) is 11.9. The lowest BCUT2D eigenvalue weighted by Gasteiger charge is -2.14. The molecule has 0 spiro atoms. The minimum atomic E-state index is -0.165. The standard InChI is InChI=1S/C14H18N2O/c1-10(2)17-9-12(15)14-8-7-11-5-3-4-6-13(11)16-14/h3-8,10,12H,9,15H2,1-2H3. The van der Waals surface area contributed by atoms with Crippen LogP contribution in [0, 0.1) is 0 Å². The zero-order valence-electron chi connectivity index (χ0n) is 10.3. The van der Waals surface area contributed by atoms with Crippen LogP contribution in [0.3, 0.4) is 0 Å². The van der Waals surface area contributed by atoms with Gasteiger partial charge >= 0.3 is 0 Å². The fourth-order valence-corrected chi connectivity index (χ4v) is 1.67. The van der Waals surface area contributed by atoms with E-state index in [1.54, 1.807) is 0 Å². The van der Waals surface area contributed by atoms with Gasteiger partial charge in [0.25, 0.3) is 0 Å². The zero-order valence-corrected chi connectivity index (χ0v) is 10.3. The molecule has 0 bridgehead atoms. The van der Waals surface area contributed by atoms with Gasteiger partial charge in [-0.3, -0.25) is 4.98 Å². The molecule has 3 heteroatoms. The SMILES string of the molecule is CC(C)OCC(N)c1ccc2ccccc2n1. The van der Waals surface area contributed by atoms with Gasteiger partial charge in [-0.2, -0.15) is 0 Å². The number of para-hydroxylation sites is 1. The molecule has 0 amide bonds. The van der Waals surface area contributed by atoms with Crippen LogP contribution in [0.1, 0.15) is 25.6 Å². The van der Waals surface area contributed by atoms with E-state index in [4.69, 9.17) is 10.5 Å². The van der Waals surface area contributed by atoms with Gasteiger partial charge in [0.1, 0.15) is 0 Å². The highest BCUT2D eigenvalue weighted by Crippen LogP contribution is 2.15. The summed E-state index contributed by atoms with van der Waals surface area (Å²) in [4.78, 5) is 4.55. The highest BCUT2D eigenvalue weighted by atomic mass is 16.5. The number of hydrogen-bond acceptors (Lipinski definition) is 3. The molecule has 1 aromatic heterocycles. The highest BCUT2D eigenvalue weighted by Gasteiger charge is 2.09. The monoisotopic (exact) mass is 230 g/mol. The van der Waals surface area contributed by atoms with Gasteiger partial charge in [0.15, 0.2) is 0 Å². The molecule has 1 heterocycles. The van der Waals surface area contributed by atoms with Crippen molar-refractivity contribution in [3.05, 3.63) is 42.1 Å². The lowest BCUT2D eigenvalue weighted by molar-refractivity contribution is 0.0677. The molecule has 3 nitrogen and oxygen atoms in total. The maximum absolute atomic E-state index is 6.05.